The molecule has 0 aliphatic heterocycles. The molecule has 0 saturated heterocycles. The number of carbonyl (C=O) groups is 1. The summed E-state index contributed by atoms with van der Waals surface area (Å²) in [5.41, 5.74) is 9.41. The van der Waals surface area contributed by atoms with Crippen molar-refractivity contribution in [3.05, 3.63) is 10.4 Å². The van der Waals surface area contributed by atoms with Gasteiger partial charge in [-0.1, -0.05) is 0 Å². The van der Waals surface area contributed by atoms with Crippen LogP contribution in [0.4, 0.5) is 4.79 Å². The molecule has 0 spiro atoms. The van der Waals surface area contributed by atoms with Gasteiger partial charge in [0.05, 0.1) is 22.6 Å². The van der Waals surface area contributed by atoms with Crippen LogP contribution in [0.3, 0.4) is 0 Å². The van der Waals surface area contributed by atoms with Crippen LogP contribution < -0.4 is 5.43 Å². The van der Waals surface area contributed by atoms with Gasteiger partial charge in [-0.2, -0.15) is 10.3 Å². The summed E-state index contributed by atoms with van der Waals surface area (Å²) in [7, 11) is 0. The fourth-order valence-corrected chi connectivity index (χ4v) is 0.170. The first-order valence-corrected chi connectivity index (χ1v) is 2.35. The molecule has 0 saturated carbocycles. The van der Waals surface area contributed by atoms with Crippen LogP contribution >= 0.6 is 22.6 Å². The average molecular weight is 212 g/mol. The Kier molecular flexibility index (Phi) is 3.43. The molecule has 0 aliphatic carbocycles. The van der Waals surface area contributed by atoms with Crippen LogP contribution in [0.25, 0.3) is 10.4 Å². The van der Waals surface area contributed by atoms with Crippen LogP contribution in [0.2, 0.25) is 0 Å². The Morgan fingerprint density at radius 3 is 2.71 bits per heavy atom. The zero-order valence-electron chi connectivity index (χ0n) is 3.13. The number of halogens is 1. The SMILES string of the molecule is [N-]=[N+]=NNC(=O)I. The molecule has 0 aromatic rings. The predicted molar refractivity (Wildman–Crippen MR) is 31.7 cm³/mol. The standard InChI is InChI=1S/CHIN4O/c2-1(7)4-6-5-3/h(H,4,7). The van der Waals surface area contributed by atoms with Gasteiger partial charge >= 0.3 is 3.91 Å². The molecular formula is CHIN4O. The fourth-order valence-electron chi connectivity index (χ4n) is 0.0617. The molecule has 0 bridgehead atoms. The normalized spacial score (nSPS) is 6.43. The Labute approximate surface area is 52.8 Å². The summed E-state index contributed by atoms with van der Waals surface area (Å²) in [6, 6.07) is 0. The molecule has 7 heavy (non-hydrogen) atoms. The highest BCUT2D eigenvalue weighted by atomic mass is 127. The third-order valence-corrected chi connectivity index (χ3v) is 0.424. The van der Waals surface area contributed by atoms with Crippen molar-refractivity contribution in [2.75, 3.05) is 0 Å². The lowest BCUT2D eigenvalue weighted by atomic mass is 11.4. The van der Waals surface area contributed by atoms with E-state index in [1.165, 1.54) is 22.6 Å². The molecule has 0 heterocycles. The van der Waals surface area contributed by atoms with Crippen molar-refractivity contribution in [2.45, 2.75) is 0 Å². The van der Waals surface area contributed by atoms with E-state index >= 15 is 0 Å². The van der Waals surface area contributed by atoms with Crippen molar-refractivity contribution in [3.8, 4) is 0 Å². The van der Waals surface area contributed by atoms with Gasteiger partial charge in [-0.3, -0.25) is 0 Å². The number of hydrogen-bond donors (Lipinski definition) is 1. The van der Waals surface area contributed by atoms with Crippen LogP contribution in [0.5, 0.6) is 0 Å². The molecule has 0 rings (SSSR count). The molecule has 0 aromatic carbocycles. The summed E-state index contributed by atoms with van der Waals surface area (Å²) in [6.45, 7) is 0. The summed E-state index contributed by atoms with van der Waals surface area (Å²) < 4.78 is -0.393. The molecule has 38 valence electrons. The molecular weight excluding hydrogens is 211 g/mol. The number of azide groups is 1. The quantitative estimate of drug-likeness (QED) is 0.133. The smallest absolute Gasteiger partial charge is 0.234 e. The maximum atomic E-state index is 9.81. The minimum Gasteiger partial charge on any atom is -0.234 e. The zero-order valence-corrected chi connectivity index (χ0v) is 5.29. The second-order valence-corrected chi connectivity index (χ2v) is 1.55. The second kappa shape index (κ2) is 3.69. The Hall–Kier alpha value is -0.490. The van der Waals surface area contributed by atoms with E-state index in [1.54, 1.807) is 0 Å². The summed E-state index contributed by atoms with van der Waals surface area (Å²) in [5.74, 6) is 0. The molecule has 6 heteroatoms. The van der Waals surface area contributed by atoms with Crippen LogP contribution in [0, 0.1) is 0 Å². The molecule has 0 aromatic heterocycles. The Morgan fingerprint density at radius 2 is 2.57 bits per heavy atom. The summed E-state index contributed by atoms with van der Waals surface area (Å²) in [4.78, 5) is 12.1. The van der Waals surface area contributed by atoms with E-state index in [4.69, 9.17) is 5.53 Å². The molecule has 1 N–H and O–H groups in total. The molecule has 0 atom stereocenters. The van der Waals surface area contributed by atoms with Crippen molar-refractivity contribution in [3.63, 3.8) is 0 Å². The van der Waals surface area contributed by atoms with Crippen molar-refractivity contribution in [1.82, 2.24) is 5.43 Å². The van der Waals surface area contributed by atoms with Gasteiger partial charge in [0.1, 0.15) is 0 Å². The predicted octanol–water partition coefficient (Wildman–Crippen LogP) is 1.36. The summed E-state index contributed by atoms with van der Waals surface area (Å²) in [5, 5.41) is 2.74. The van der Waals surface area contributed by atoms with Crippen molar-refractivity contribution in [1.29, 1.82) is 0 Å². The lowest BCUT2D eigenvalue weighted by Gasteiger charge is -1.75. The van der Waals surface area contributed by atoms with Gasteiger partial charge in [0.2, 0.25) is 0 Å². The molecule has 1 amide bonds. The van der Waals surface area contributed by atoms with Crippen LogP contribution in [-0.2, 0) is 0 Å². The van der Waals surface area contributed by atoms with Gasteiger partial charge in [0.25, 0.3) is 0 Å². The number of hydrogen-bond acceptors (Lipinski definition) is 2. The van der Waals surface area contributed by atoms with E-state index in [0.717, 1.165) is 0 Å². The topological polar surface area (TPSA) is 77.9 Å². The summed E-state index contributed by atoms with van der Waals surface area (Å²) in [6.07, 6.45) is 0. The van der Waals surface area contributed by atoms with Crippen LogP contribution in [0.15, 0.2) is 5.22 Å². The van der Waals surface area contributed by atoms with E-state index in [0.29, 0.717) is 0 Å². The third-order valence-electron chi connectivity index (χ3n) is 0.183. The summed E-state index contributed by atoms with van der Waals surface area (Å²) >= 11 is 1.45. The Morgan fingerprint density at radius 1 is 2.00 bits per heavy atom. The zero-order chi connectivity index (χ0) is 5.70. The average Bonchev–Trinajstić information content (AvgIpc) is 1.61. The highest BCUT2D eigenvalue weighted by Crippen LogP contribution is 1.80. The van der Waals surface area contributed by atoms with Crippen molar-refractivity contribution in [2.24, 2.45) is 5.22 Å². The van der Waals surface area contributed by atoms with E-state index in [9.17, 15) is 4.79 Å². The molecule has 0 unspecified atom stereocenters. The minimum absolute atomic E-state index is 0.393. The second-order valence-electron chi connectivity index (χ2n) is 0.575. The first-order chi connectivity index (χ1) is 3.27. The first kappa shape index (κ1) is 6.51. The lowest BCUT2D eigenvalue weighted by Crippen LogP contribution is -2.04. The number of amides is 1. The number of nitrogens with one attached hydrogen (secondary N) is 1. The number of nitrogens with zero attached hydrogens (tertiary/aromatic N) is 3. The largest absolute Gasteiger partial charge is 0.369 e. The maximum absolute atomic E-state index is 9.81. The molecule has 0 fully saturated rings. The first-order valence-electron chi connectivity index (χ1n) is 1.27. The minimum atomic E-state index is -0.393. The molecule has 0 aliphatic rings. The van der Waals surface area contributed by atoms with E-state index in [1.807, 2.05) is 5.43 Å². The Balaban J connectivity index is 3.32. The molecule has 0 radical (unpaired) electrons. The van der Waals surface area contributed by atoms with Crippen molar-refractivity contribution >= 4 is 26.5 Å². The van der Waals surface area contributed by atoms with Gasteiger partial charge in [0.15, 0.2) is 0 Å². The van der Waals surface area contributed by atoms with Crippen LogP contribution in [0.1, 0.15) is 0 Å². The van der Waals surface area contributed by atoms with Gasteiger partial charge < -0.3 is 0 Å². The van der Waals surface area contributed by atoms with Crippen molar-refractivity contribution < 1.29 is 4.79 Å². The van der Waals surface area contributed by atoms with Gasteiger partial charge in [-0.25, -0.2) is 4.79 Å². The third kappa shape index (κ3) is 5.51. The van der Waals surface area contributed by atoms with Gasteiger partial charge in [-0.15, -0.1) is 5.53 Å². The highest BCUT2D eigenvalue weighted by molar-refractivity contribution is 14.1. The van der Waals surface area contributed by atoms with E-state index in [-0.39, 0.29) is 0 Å². The van der Waals surface area contributed by atoms with Gasteiger partial charge in [0, 0.05) is 0 Å². The lowest BCUT2D eigenvalue weighted by molar-refractivity contribution is 0.263. The van der Waals surface area contributed by atoms with E-state index < -0.39 is 3.91 Å². The van der Waals surface area contributed by atoms with Crippen LogP contribution in [-0.4, -0.2) is 3.91 Å². The maximum Gasteiger partial charge on any atom is 0.369 e. The fraction of sp³-hybridized carbons (Fsp3) is 0. The highest BCUT2D eigenvalue weighted by Gasteiger charge is 1.87. The Bertz CT molecular complexity index is 115. The van der Waals surface area contributed by atoms with E-state index in [2.05, 4.69) is 10.1 Å². The monoisotopic (exact) mass is 212 g/mol. The molecule has 5 nitrogen and oxygen atoms in total. The number of carbonyl (C=O) groups excluding carboxylic acids is 1. The number of rotatable bonds is 1. The van der Waals surface area contributed by atoms with Gasteiger partial charge in [-0.05, 0) is 5.22 Å².